The van der Waals surface area contributed by atoms with Crippen LogP contribution in [0, 0.1) is 6.92 Å². The molecule has 214 valence electrons. The van der Waals surface area contributed by atoms with E-state index in [1.807, 2.05) is 35.5 Å². The average Bonchev–Trinajstić information content (AvgIpc) is 3.37. The number of hydrogen-bond acceptors (Lipinski definition) is 5. The number of allylic oxidation sites excluding steroid dienone is 2. The Bertz CT molecular complexity index is 1580. The third-order valence-corrected chi connectivity index (χ3v) is 9.18. The molecule has 2 unspecified atom stereocenters. The molecule has 1 heterocycles. The van der Waals surface area contributed by atoms with Crippen molar-refractivity contribution in [3.8, 4) is 0 Å². The van der Waals surface area contributed by atoms with Crippen LogP contribution in [0.25, 0.3) is 11.1 Å². The molecular weight excluding hydrogens is 518 g/mol. The van der Waals surface area contributed by atoms with Crippen molar-refractivity contribution in [2.45, 2.75) is 69.6 Å². The van der Waals surface area contributed by atoms with E-state index in [9.17, 15) is 4.79 Å². The van der Waals surface area contributed by atoms with E-state index in [0.717, 1.165) is 47.5 Å². The summed E-state index contributed by atoms with van der Waals surface area (Å²) in [4.78, 5) is 19.9. The summed E-state index contributed by atoms with van der Waals surface area (Å²) in [7, 11) is 0. The Balaban J connectivity index is 1.26. The lowest BCUT2D eigenvalue weighted by Crippen LogP contribution is -2.39. The predicted molar refractivity (Wildman–Crippen MR) is 171 cm³/mol. The maximum atomic E-state index is 12.9. The Labute approximate surface area is 248 Å². The largest absolute Gasteiger partial charge is 0.349 e. The highest BCUT2D eigenvalue weighted by Crippen LogP contribution is 2.46. The maximum Gasteiger partial charge on any atom is 0.251 e. The van der Waals surface area contributed by atoms with E-state index in [1.54, 1.807) is 0 Å². The van der Waals surface area contributed by atoms with E-state index in [4.69, 9.17) is 10.7 Å². The van der Waals surface area contributed by atoms with Crippen LogP contribution in [0.1, 0.15) is 77.1 Å². The van der Waals surface area contributed by atoms with Crippen LogP contribution in [-0.2, 0) is 0 Å². The number of nitrogens with zero attached hydrogens (tertiary/aromatic N) is 2. The van der Waals surface area contributed by atoms with Gasteiger partial charge < -0.3 is 21.3 Å². The van der Waals surface area contributed by atoms with Crippen molar-refractivity contribution >= 4 is 29.1 Å². The van der Waals surface area contributed by atoms with Gasteiger partial charge in [-0.2, -0.15) is 0 Å². The summed E-state index contributed by atoms with van der Waals surface area (Å²) in [5.41, 5.74) is 16.7. The van der Waals surface area contributed by atoms with Crippen molar-refractivity contribution in [1.29, 1.82) is 0 Å². The molecular formula is C36H39N5O. The average molecular weight is 558 g/mol. The number of amides is 1. The Morgan fingerprint density at radius 2 is 1.69 bits per heavy atom. The number of fused-ring (bicyclic) bond motifs is 1. The van der Waals surface area contributed by atoms with E-state index in [2.05, 4.69) is 72.2 Å². The Morgan fingerprint density at radius 1 is 0.929 bits per heavy atom. The topological polar surface area (TPSA) is 82.8 Å². The zero-order valence-corrected chi connectivity index (χ0v) is 24.2. The van der Waals surface area contributed by atoms with Gasteiger partial charge in [0.05, 0.1) is 12.0 Å². The van der Waals surface area contributed by atoms with Gasteiger partial charge in [0, 0.05) is 35.8 Å². The molecule has 2 fully saturated rings. The molecule has 7 rings (SSSR count). The summed E-state index contributed by atoms with van der Waals surface area (Å²) >= 11 is 0. The minimum atomic E-state index is -0.484. The number of aliphatic imine (C=N–C) groups is 1. The highest BCUT2D eigenvalue weighted by atomic mass is 16.1. The Kier molecular flexibility index (Phi) is 7.26. The number of rotatable bonds is 8. The molecule has 3 aromatic rings. The normalized spacial score (nSPS) is 22.8. The van der Waals surface area contributed by atoms with Crippen molar-refractivity contribution in [2.24, 2.45) is 10.7 Å². The lowest BCUT2D eigenvalue weighted by atomic mass is 9.86. The first kappa shape index (κ1) is 26.9. The standard InChI is InChI=1S/C36H39N5O/c1-23-15-16-25(36(42)40-28-17-18-28)20-32(23)41-22-39-34(35(41)37)33(24-9-3-2-4-10-24)31-19-26(21-38-27-11-5-6-12-27)29-13-7-8-14-30(29)31/h2-4,7-10,13-16,19-20,22,27-28,31,35,38H,5-6,11-12,17-18,21,37H2,1H3,(H,40,42). The van der Waals surface area contributed by atoms with Crippen LogP contribution in [0.4, 0.5) is 5.69 Å². The number of carbonyl (C=O) groups excluding carboxylic acids is 1. The van der Waals surface area contributed by atoms with Gasteiger partial charge in [0.15, 0.2) is 0 Å². The van der Waals surface area contributed by atoms with Crippen molar-refractivity contribution in [2.75, 3.05) is 11.4 Å². The quantitative estimate of drug-likeness (QED) is 0.311. The molecule has 1 aliphatic heterocycles. The maximum absolute atomic E-state index is 12.9. The fraction of sp³-hybridized carbons (Fsp3) is 0.333. The van der Waals surface area contributed by atoms with E-state index < -0.39 is 6.17 Å². The van der Waals surface area contributed by atoms with E-state index in [0.29, 0.717) is 17.6 Å². The number of nitrogens with two attached hydrogens (primary N) is 1. The van der Waals surface area contributed by atoms with Crippen molar-refractivity contribution in [3.63, 3.8) is 0 Å². The van der Waals surface area contributed by atoms with Crippen molar-refractivity contribution in [3.05, 3.63) is 112 Å². The van der Waals surface area contributed by atoms with Gasteiger partial charge in [-0.15, -0.1) is 0 Å². The first-order chi connectivity index (χ1) is 20.6. The zero-order valence-electron chi connectivity index (χ0n) is 24.2. The predicted octanol–water partition coefficient (Wildman–Crippen LogP) is 6.14. The van der Waals surface area contributed by atoms with Crippen LogP contribution in [0.15, 0.2) is 89.6 Å². The first-order valence-corrected chi connectivity index (χ1v) is 15.4. The third-order valence-electron chi connectivity index (χ3n) is 9.18. The molecule has 0 saturated heterocycles. The summed E-state index contributed by atoms with van der Waals surface area (Å²) < 4.78 is 0. The fourth-order valence-electron chi connectivity index (χ4n) is 6.69. The van der Waals surface area contributed by atoms with Crippen LogP contribution in [0.5, 0.6) is 0 Å². The van der Waals surface area contributed by atoms with Crippen LogP contribution in [0.3, 0.4) is 0 Å². The molecule has 0 bridgehead atoms. The van der Waals surface area contributed by atoms with Gasteiger partial charge in [-0.1, -0.05) is 79.6 Å². The van der Waals surface area contributed by atoms with Gasteiger partial charge in [-0.3, -0.25) is 4.79 Å². The number of hydrogen-bond donors (Lipinski definition) is 3. The minimum absolute atomic E-state index is 0.0318. The summed E-state index contributed by atoms with van der Waals surface area (Å²) in [5.74, 6) is 0.00881. The number of benzene rings is 3. The highest BCUT2D eigenvalue weighted by molar-refractivity contribution is 5.98. The molecule has 0 aromatic heterocycles. The SMILES string of the molecule is Cc1ccc(C(=O)NC2CC2)cc1N1C=NC(=C(c2ccccc2)C2C=C(CNC3CCCC3)c3ccccc32)C1N. The molecule has 3 aliphatic carbocycles. The smallest absolute Gasteiger partial charge is 0.251 e. The highest BCUT2D eigenvalue weighted by Gasteiger charge is 2.34. The number of aryl methyl sites for hydroxylation is 1. The summed E-state index contributed by atoms with van der Waals surface area (Å²) in [5, 5.41) is 6.93. The fourth-order valence-corrected chi connectivity index (χ4v) is 6.69. The second kappa shape index (κ2) is 11.3. The molecule has 6 heteroatoms. The first-order valence-electron chi connectivity index (χ1n) is 15.4. The van der Waals surface area contributed by atoms with Gasteiger partial charge in [0.1, 0.15) is 6.17 Å². The monoisotopic (exact) mass is 557 g/mol. The molecule has 42 heavy (non-hydrogen) atoms. The van der Waals surface area contributed by atoms with E-state index in [1.165, 1.54) is 42.4 Å². The van der Waals surface area contributed by atoms with Crippen LogP contribution in [0.2, 0.25) is 0 Å². The van der Waals surface area contributed by atoms with Crippen LogP contribution in [-0.4, -0.2) is 37.0 Å². The van der Waals surface area contributed by atoms with E-state index >= 15 is 0 Å². The number of nitrogens with one attached hydrogen (secondary N) is 2. The Morgan fingerprint density at radius 3 is 2.48 bits per heavy atom. The molecule has 2 saturated carbocycles. The lowest BCUT2D eigenvalue weighted by Gasteiger charge is -2.26. The van der Waals surface area contributed by atoms with Gasteiger partial charge in [0.2, 0.25) is 0 Å². The summed E-state index contributed by atoms with van der Waals surface area (Å²) in [6.07, 6.45) is 11.0. The summed E-state index contributed by atoms with van der Waals surface area (Å²) in [6, 6.07) is 26.0. The van der Waals surface area contributed by atoms with E-state index in [-0.39, 0.29) is 11.8 Å². The van der Waals surface area contributed by atoms with Gasteiger partial charge in [-0.05, 0) is 78.1 Å². The second-order valence-corrected chi connectivity index (χ2v) is 12.1. The molecule has 4 aliphatic rings. The van der Waals surface area contributed by atoms with Gasteiger partial charge in [-0.25, -0.2) is 4.99 Å². The van der Waals surface area contributed by atoms with Gasteiger partial charge in [0.25, 0.3) is 5.91 Å². The van der Waals surface area contributed by atoms with Crippen molar-refractivity contribution in [1.82, 2.24) is 10.6 Å². The zero-order chi connectivity index (χ0) is 28.6. The summed E-state index contributed by atoms with van der Waals surface area (Å²) in [6.45, 7) is 2.92. The molecule has 0 spiro atoms. The van der Waals surface area contributed by atoms with Crippen LogP contribution >= 0.6 is 0 Å². The van der Waals surface area contributed by atoms with Crippen LogP contribution < -0.4 is 21.3 Å². The molecule has 2 atom stereocenters. The van der Waals surface area contributed by atoms with Gasteiger partial charge >= 0.3 is 0 Å². The third kappa shape index (κ3) is 5.21. The molecule has 0 radical (unpaired) electrons. The molecule has 4 N–H and O–H groups in total. The van der Waals surface area contributed by atoms with Crippen molar-refractivity contribution < 1.29 is 4.79 Å². The molecule has 3 aromatic carbocycles. The molecule has 6 nitrogen and oxygen atoms in total. The number of anilines is 1. The second-order valence-electron chi connectivity index (χ2n) is 12.1. The lowest BCUT2D eigenvalue weighted by molar-refractivity contribution is 0.0951. The Hall–Kier alpha value is -4.00. The molecule has 1 amide bonds. The number of carbonyl (C=O) groups is 1. The minimum Gasteiger partial charge on any atom is -0.349 e.